The van der Waals surface area contributed by atoms with Gasteiger partial charge in [0.1, 0.15) is 5.76 Å². The lowest BCUT2D eigenvalue weighted by Crippen LogP contribution is -2.20. The van der Waals surface area contributed by atoms with Crippen LogP contribution in [0.3, 0.4) is 0 Å². The van der Waals surface area contributed by atoms with Crippen LogP contribution < -0.4 is 5.32 Å². The molecule has 0 saturated heterocycles. The maximum Gasteiger partial charge on any atom is 0.337 e. The number of carbonyl (C=O) groups excluding carboxylic acids is 3. The van der Waals surface area contributed by atoms with Crippen LogP contribution in [0.25, 0.3) is 6.08 Å². The van der Waals surface area contributed by atoms with E-state index in [9.17, 15) is 14.4 Å². The molecule has 0 bridgehead atoms. The van der Waals surface area contributed by atoms with Crippen molar-refractivity contribution in [3.63, 3.8) is 0 Å². The zero-order chi connectivity index (χ0) is 18.2. The van der Waals surface area contributed by atoms with E-state index in [1.54, 1.807) is 30.3 Å². The smallest absolute Gasteiger partial charge is 0.337 e. The molecule has 130 valence electrons. The number of hydrogen-bond donors (Lipinski definition) is 1. The van der Waals surface area contributed by atoms with Crippen LogP contribution in [0.5, 0.6) is 0 Å². The average molecular weight is 455 g/mol. The zero-order valence-electron chi connectivity index (χ0n) is 13.2. The number of benzene rings is 1. The van der Waals surface area contributed by atoms with Gasteiger partial charge in [0.25, 0.3) is 5.91 Å². The van der Waals surface area contributed by atoms with Gasteiger partial charge in [-0.25, -0.2) is 9.59 Å². The van der Waals surface area contributed by atoms with Gasteiger partial charge in [-0.1, -0.05) is 6.07 Å². The third kappa shape index (κ3) is 6.07. The second kappa shape index (κ2) is 9.02. The molecule has 1 aromatic heterocycles. The summed E-state index contributed by atoms with van der Waals surface area (Å²) in [7, 11) is 1.27. The van der Waals surface area contributed by atoms with Crippen LogP contribution in [0.15, 0.2) is 46.9 Å². The maximum absolute atomic E-state index is 11.8. The number of amides is 1. The highest BCUT2D eigenvalue weighted by atomic mass is 127. The summed E-state index contributed by atoms with van der Waals surface area (Å²) >= 11 is 2.00. The van der Waals surface area contributed by atoms with Crippen molar-refractivity contribution in [3.05, 3.63) is 57.6 Å². The van der Waals surface area contributed by atoms with Crippen LogP contribution in [-0.4, -0.2) is 31.6 Å². The van der Waals surface area contributed by atoms with E-state index in [1.807, 2.05) is 22.6 Å². The molecule has 7 nitrogen and oxygen atoms in total. The molecule has 2 rings (SSSR count). The number of rotatable bonds is 6. The Morgan fingerprint density at radius 2 is 2.04 bits per heavy atom. The first kappa shape index (κ1) is 18.7. The van der Waals surface area contributed by atoms with Gasteiger partial charge in [0.2, 0.25) is 0 Å². The summed E-state index contributed by atoms with van der Waals surface area (Å²) in [5.74, 6) is -1.22. The summed E-state index contributed by atoms with van der Waals surface area (Å²) in [4.78, 5) is 34.8. The van der Waals surface area contributed by atoms with Crippen molar-refractivity contribution in [1.82, 2.24) is 0 Å². The summed E-state index contributed by atoms with van der Waals surface area (Å²) in [6, 6.07) is 9.67. The van der Waals surface area contributed by atoms with Crippen molar-refractivity contribution in [1.29, 1.82) is 0 Å². The Morgan fingerprint density at radius 3 is 2.72 bits per heavy atom. The van der Waals surface area contributed by atoms with Gasteiger partial charge in [-0.05, 0) is 59.0 Å². The largest absolute Gasteiger partial charge is 0.465 e. The fourth-order valence-corrected chi connectivity index (χ4v) is 2.23. The monoisotopic (exact) mass is 455 g/mol. The van der Waals surface area contributed by atoms with Crippen LogP contribution in [0.1, 0.15) is 16.1 Å². The predicted molar refractivity (Wildman–Crippen MR) is 97.8 cm³/mol. The van der Waals surface area contributed by atoms with Gasteiger partial charge >= 0.3 is 11.9 Å². The Bertz CT molecular complexity index is 811. The summed E-state index contributed by atoms with van der Waals surface area (Å²) < 4.78 is 15.4. The Balaban J connectivity index is 1.83. The van der Waals surface area contributed by atoms with Crippen molar-refractivity contribution in [2.24, 2.45) is 0 Å². The first-order valence-electron chi connectivity index (χ1n) is 7.06. The molecule has 1 amide bonds. The molecule has 1 heterocycles. The molecule has 0 spiro atoms. The highest BCUT2D eigenvalue weighted by molar-refractivity contribution is 14.1. The molecule has 0 unspecified atom stereocenters. The van der Waals surface area contributed by atoms with Crippen LogP contribution >= 0.6 is 22.6 Å². The number of nitrogens with one attached hydrogen (secondary N) is 1. The molecule has 0 atom stereocenters. The number of anilines is 1. The predicted octanol–water partition coefficient (Wildman–Crippen LogP) is 2.87. The number of methoxy groups -OCH3 is 1. The van der Waals surface area contributed by atoms with Gasteiger partial charge in [-0.15, -0.1) is 0 Å². The van der Waals surface area contributed by atoms with Crippen molar-refractivity contribution in [2.75, 3.05) is 19.0 Å². The van der Waals surface area contributed by atoms with Crippen LogP contribution in [0.4, 0.5) is 5.69 Å². The Morgan fingerprint density at radius 1 is 1.24 bits per heavy atom. The Labute approximate surface area is 157 Å². The summed E-state index contributed by atoms with van der Waals surface area (Å²) in [5, 5.41) is 2.53. The van der Waals surface area contributed by atoms with E-state index in [0.717, 1.165) is 0 Å². The fraction of sp³-hybridized carbons (Fsp3) is 0.118. The molecule has 0 fully saturated rings. The van der Waals surface area contributed by atoms with Gasteiger partial charge < -0.3 is 19.2 Å². The standard InChI is InChI=1S/C17H14INO6/c1-23-17(22)11-3-2-4-12(9-11)19-15(20)10-24-16(21)8-6-13-5-7-14(18)25-13/h2-9H,10H2,1H3,(H,19,20)/b8-6+. The van der Waals surface area contributed by atoms with Gasteiger partial charge in [0, 0.05) is 11.8 Å². The lowest BCUT2D eigenvalue weighted by Gasteiger charge is -2.06. The normalized spacial score (nSPS) is 10.5. The minimum Gasteiger partial charge on any atom is -0.465 e. The number of ether oxygens (including phenoxy) is 2. The lowest BCUT2D eigenvalue weighted by molar-refractivity contribution is -0.142. The molecular formula is C17H14INO6. The molecule has 0 aliphatic rings. The molecule has 1 N–H and O–H groups in total. The van der Waals surface area contributed by atoms with Gasteiger partial charge in [0.15, 0.2) is 10.4 Å². The second-order valence-electron chi connectivity index (χ2n) is 4.70. The van der Waals surface area contributed by atoms with Gasteiger partial charge in [0.05, 0.1) is 12.7 Å². The first-order valence-corrected chi connectivity index (χ1v) is 8.14. The number of hydrogen-bond acceptors (Lipinski definition) is 6. The number of halogens is 1. The number of esters is 2. The van der Waals surface area contributed by atoms with Crippen molar-refractivity contribution < 1.29 is 28.3 Å². The van der Waals surface area contributed by atoms with Gasteiger partial charge in [-0.3, -0.25) is 4.79 Å². The van der Waals surface area contributed by atoms with E-state index in [2.05, 4.69) is 10.1 Å². The second-order valence-corrected chi connectivity index (χ2v) is 5.77. The third-order valence-corrected chi connectivity index (χ3v) is 3.47. The van der Waals surface area contributed by atoms with E-state index >= 15 is 0 Å². The SMILES string of the molecule is COC(=O)c1cccc(NC(=O)COC(=O)/C=C/c2ccc(I)o2)c1. The van der Waals surface area contributed by atoms with E-state index in [0.29, 0.717) is 20.8 Å². The Kier molecular flexibility index (Phi) is 6.75. The lowest BCUT2D eigenvalue weighted by atomic mass is 10.2. The highest BCUT2D eigenvalue weighted by Crippen LogP contribution is 2.12. The van der Waals surface area contributed by atoms with E-state index in [1.165, 1.54) is 25.3 Å². The topological polar surface area (TPSA) is 94.8 Å². The molecular weight excluding hydrogens is 441 g/mol. The summed E-state index contributed by atoms with van der Waals surface area (Å²) in [5.41, 5.74) is 0.693. The van der Waals surface area contributed by atoms with Crippen molar-refractivity contribution in [3.8, 4) is 0 Å². The third-order valence-electron chi connectivity index (χ3n) is 2.89. The first-order chi connectivity index (χ1) is 12.0. The van der Waals surface area contributed by atoms with Crippen LogP contribution in [-0.2, 0) is 19.1 Å². The molecule has 1 aromatic carbocycles. The van der Waals surface area contributed by atoms with Crippen LogP contribution in [0, 0.1) is 3.77 Å². The van der Waals surface area contributed by atoms with Crippen LogP contribution in [0.2, 0.25) is 0 Å². The number of carbonyl (C=O) groups is 3. The highest BCUT2D eigenvalue weighted by Gasteiger charge is 2.09. The quantitative estimate of drug-likeness (QED) is 0.409. The van der Waals surface area contributed by atoms with E-state index in [-0.39, 0.29) is 0 Å². The van der Waals surface area contributed by atoms with Crippen molar-refractivity contribution in [2.45, 2.75) is 0 Å². The fourth-order valence-electron chi connectivity index (χ4n) is 1.79. The maximum atomic E-state index is 11.8. The average Bonchev–Trinajstić information content (AvgIpc) is 3.03. The summed E-state index contributed by atoms with van der Waals surface area (Å²) in [6.45, 7) is -0.457. The molecule has 0 aliphatic carbocycles. The molecule has 0 saturated carbocycles. The van der Waals surface area contributed by atoms with Gasteiger partial charge in [-0.2, -0.15) is 0 Å². The zero-order valence-corrected chi connectivity index (χ0v) is 15.3. The molecule has 0 radical (unpaired) electrons. The molecule has 2 aromatic rings. The number of furan rings is 1. The Hall–Kier alpha value is -2.62. The molecule has 25 heavy (non-hydrogen) atoms. The molecule has 0 aliphatic heterocycles. The minimum absolute atomic E-state index is 0.299. The van der Waals surface area contributed by atoms with E-state index < -0.39 is 24.5 Å². The molecule has 8 heteroatoms. The van der Waals surface area contributed by atoms with Crippen molar-refractivity contribution >= 4 is 52.2 Å². The minimum atomic E-state index is -0.676. The summed E-state index contributed by atoms with van der Waals surface area (Å²) in [6.07, 6.45) is 2.61. The van der Waals surface area contributed by atoms with E-state index in [4.69, 9.17) is 9.15 Å².